The lowest BCUT2D eigenvalue weighted by molar-refractivity contribution is -0.141. The number of alkyl halides is 3. The second kappa shape index (κ2) is 5.40. The van der Waals surface area contributed by atoms with Crippen LogP contribution in [0.5, 0.6) is 0 Å². The first kappa shape index (κ1) is 14.8. The number of carbonyl (C=O) groups is 1. The summed E-state index contributed by atoms with van der Waals surface area (Å²) in [6.45, 7) is 0.450. The van der Waals surface area contributed by atoms with E-state index in [4.69, 9.17) is 5.73 Å². The molecule has 0 spiro atoms. The van der Waals surface area contributed by atoms with Crippen LogP contribution in [0.4, 0.5) is 18.9 Å². The number of anilines is 1. The molecule has 0 saturated heterocycles. The van der Waals surface area contributed by atoms with E-state index in [2.05, 4.69) is 10.3 Å². The van der Waals surface area contributed by atoms with Crippen LogP contribution in [-0.2, 0) is 11.0 Å². The van der Waals surface area contributed by atoms with Crippen molar-refractivity contribution in [3.8, 4) is 0 Å². The van der Waals surface area contributed by atoms with Gasteiger partial charge in [0, 0.05) is 6.42 Å². The summed E-state index contributed by atoms with van der Waals surface area (Å²) in [6.07, 6.45) is -0.268. The van der Waals surface area contributed by atoms with Gasteiger partial charge in [-0.25, -0.2) is 4.98 Å². The van der Waals surface area contributed by atoms with Crippen LogP contribution in [0.2, 0.25) is 0 Å². The molecule has 0 unspecified atom stereocenters. The molecule has 1 aliphatic rings. The average Bonchev–Trinajstić information content (AvgIpc) is 2.33. The van der Waals surface area contributed by atoms with Crippen molar-refractivity contribution in [3.05, 3.63) is 24.0 Å². The largest absolute Gasteiger partial charge is 0.433 e. The molecule has 0 atom stereocenters. The van der Waals surface area contributed by atoms with E-state index in [0.29, 0.717) is 13.0 Å². The van der Waals surface area contributed by atoms with Crippen LogP contribution in [0.3, 0.4) is 0 Å². The van der Waals surface area contributed by atoms with Crippen LogP contribution >= 0.6 is 0 Å². The summed E-state index contributed by atoms with van der Waals surface area (Å²) in [5.74, 6) is -0.239. The molecule has 1 aromatic heterocycles. The van der Waals surface area contributed by atoms with Crippen molar-refractivity contribution >= 4 is 11.6 Å². The molecule has 1 aromatic rings. The lowest BCUT2D eigenvalue weighted by atomic mass is 9.66. The van der Waals surface area contributed by atoms with E-state index in [1.54, 1.807) is 0 Å². The quantitative estimate of drug-likeness (QED) is 0.894. The lowest BCUT2D eigenvalue weighted by Crippen LogP contribution is -2.40. The summed E-state index contributed by atoms with van der Waals surface area (Å²) < 4.78 is 37.0. The Morgan fingerprint density at radius 3 is 2.50 bits per heavy atom. The van der Waals surface area contributed by atoms with Gasteiger partial charge in [0.1, 0.15) is 5.69 Å². The van der Waals surface area contributed by atoms with Crippen molar-refractivity contribution in [1.29, 1.82) is 0 Å². The van der Waals surface area contributed by atoms with Crippen molar-refractivity contribution < 1.29 is 18.0 Å². The van der Waals surface area contributed by atoms with Crippen LogP contribution in [-0.4, -0.2) is 17.4 Å². The van der Waals surface area contributed by atoms with E-state index in [0.717, 1.165) is 31.5 Å². The molecule has 4 nitrogen and oxygen atoms in total. The second-order valence-corrected chi connectivity index (χ2v) is 5.21. The Hall–Kier alpha value is -1.63. The Bertz CT molecular complexity index is 475. The van der Waals surface area contributed by atoms with Gasteiger partial charge in [0.2, 0.25) is 5.91 Å². The van der Waals surface area contributed by atoms with Crippen LogP contribution in [0, 0.1) is 5.41 Å². The van der Waals surface area contributed by atoms with Crippen LogP contribution < -0.4 is 11.1 Å². The summed E-state index contributed by atoms with van der Waals surface area (Å²) in [6, 6.07) is 2.04. The molecule has 0 bridgehead atoms. The van der Waals surface area contributed by atoms with Gasteiger partial charge in [-0.15, -0.1) is 0 Å². The first-order chi connectivity index (χ1) is 9.35. The van der Waals surface area contributed by atoms with Crippen molar-refractivity contribution in [2.45, 2.75) is 31.9 Å². The first-order valence-electron chi connectivity index (χ1n) is 6.38. The van der Waals surface area contributed by atoms with Crippen molar-refractivity contribution in [2.24, 2.45) is 11.1 Å². The molecule has 1 amide bonds. The van der Waals surface area contributed by atoms with Gasteiger partial charge in [0.05, 0.1) is 11.9 Å². The molecule has 0 aromatic carbocycles. The second-order valence-electron chi connectivity index (χ2n) is 5.21. The highest BCUT2D eigenvalue weighted by molar-refractivity contribution is 5.91. The van der Waals surface area contributed by atoms with Gasteiger partial charge in [-0.2, -0.15) is 13.2 Å². The van der Waals surface area contributed by atoms with Crippen LogP contribution in [0.25, 0.3) is 0 Å². The molecular formula is C13H16F3N3O. The zero-order valence-corrected chi connectivity index (χ0v) is 10.8. The molecule has 20 heavy (non-hydrogen) atoms. The normalized spacial score (nSPS) is 17.4. The maximum Gasteiger partial charge on any atom is 0.433 e. The Morgan fingerprint density at radius 1 is 1.40 bits per heavy atom. The summed E-state index contributed by atoms with van der Waals surface area (Å²) in [4.78, 5) is 15.1. The summed E-state index contributed by atoms with van der Waals surface area (Å²) in [7, 11) is 0. The van der Waals surface area contributed by atoms with Gasteiger partial charge >= 0.3 is 6.18 Å². The van der Waals surface area contributed by atoms with E-state index >= 15 is 0 Å². The number of hydrogen-bond acceptors (Lipinski definition) is 3. The zero-order chi connectivity index (χ0) is 14.8. The van der Waals surface area contributed by atoms with Crippen LogP contribution in [0.1, 0.15) is 31.4 Å². The highest BCUT2D eigenvalue weighted by atomic mass is 19.4. The van der Waals surface area contributed by atoms with Crippen molar-refractivity contribution in [3.63, 3.8) is 0 Å². The Labute approximate surface area is 114 Å². The van der Waals surface area contributed by atoms with E-state index < -0.39 is 11.9 Å². The molecule has 1 fully saturated rings. The third-order valence-corrected chi connectivity index (χ3v) is 3.72. The Morgan fingerprint density at radius 2 is 2.10 bits per heavy atom. The number of amides is 1. The number of carbonyl (C=O) groups excluding carboxylic acids is 1. The Kier molecular flexibility index (Phi) is 3.99. The number of nitrogens with two attached hydrogens (primary N) is 1. The number of nitrogens with zero attached hydrogens (tertiary/aromatic N) is 1. The van der Waals surface area contributed by atoms with Gasteiger partial charge in [0.25, 0.3) is 0 Å². The molecule has 1 heterocycles. The molecule has 110 valence electrons. The van der Waals surface area contributed by atoms with E-state index in [1.165, 1.54) is 6.07 Å². The van der Waals surface area contributed by atoms with Crippen LogP contribution in [0.15, 0.2) is 18.3 Å². The predicted octanol–water partition coefficient (Wildman–Crippen LogP) is 2.56. The predicted molar refractivity (Wildman–Crippen MR) is 67.8 cm³/mol. The molecule has 7 heteroatoms. The standard InChI is InChI=1S/C13H16F3N3O/c14-13(15,16)10-3-2-9(7-18-10)19-11(20)6-12(8-17)4-1-5-12/h2-3,7H,1,4-6,8,17H2,(H,19,20). The third-order valence-electron chi connectivity index (χ3n) is 3.72. The minimum atomic E-state index is -4.47. The molecule has 1 aliphatic carbocycles. The maximum atomic E-state index is 12.3. The highest BCUT2D eigenvalue weighted by Gasteiger charge is 2.37. The third kappa shape index (κ3) is 3.27. The van der Waals surface area contributed by atoms with Crippen molar-refractivity contribution in [2.75, 3.05) is 11.9 Å². The number of rotatable bonds is 4. The number of nitrogens with one attached hydrogen (secondary N) is 1. The van der Waals surface area contributed by atoms with E-state index in [9.17, 15) is 18.0 Å². The minimum absolute atomic E-state index is 0.135. The van der Waals surface area contributed by atoms with Crippen molar-refractivity contribution in [1.82, 2.24) is 4.98 Å². The summed E-state index contributed by atoms with van der Waals surface area (Å²) >= 11 is 0. The SMILES string of the molecule is NCC1(CC(=O)Nc2ccc(C(F)(F)F)nc2)CCC1. The topological polar surface area (TPSA) is 68.0 Å². The number of pyridine rings is 1. The zero-order valence-electron chi connectivity index (χ0n) is 10.8. The monoisotopic (exact) mass is 287 g/mol. The van der Waals surface area contributed by atoms with Gasteiger partial charge in [-0.1, -0.05) is 6.42 Å². The van der Waals surface area contributed by atoms with Gasteiger partial charge < -0.3 is 11.1 Å². The molecule has 2 rings (SSSR count). The van der Waals surface area contributed by atoms with E-state index in [1.807, 2.05) is 0 Å². The van der Waals surface area contributed by atoms with Gasteiger partial charge in [0.15, 0.2) is 0 Å². The molecule has 0 radical (unpaired) electrons. The minimum Gasteiger partial charge on any atom is -0.330 e. The molecular weight excluding hydrogens is 271 g/mol. The molecule has 1 saturated carbocycles. The number of aromatic nitrogens is 1. The van der Waals surface area contributed by atoms with E-state index in [-0.39, 0.29) is 17.0 Å². The maximum absolute atomic E-state index is 12.3. The van der Waals surface area contributed by atoms with Gasteiger partial charge in [-0.3, -0.25) is 4.79 Å². The molecule has 0 aliphatic heterocycles. The lowest BCUT2D eigenvalue weighted by Gasteiger charge is -2.40. The first-order valence-corrected chi connectivity index (χ1v) is 6.38. The fourth-order valence-corrected chi connectivity index (χ4v) is 2.31. The average molecular weight is 287 g/mol. The molecule has 3 N–H and O–H groups in total. The smallest absolute Gasteiger partial charge is 0.330 e. The fraction of sp³-hybridized carbons (Fsp3) is 0.538. The fourth-order valence-electron chi connectivity index (χ4n) is 2.31. The Balaban J connectivity index is 1.95. The summed E-state index contributed by atoms with van der Waals surface area (Å²) in [5, 5.41) is 2.55. The highest BCUT2D eigenvalue weighted by Crippen LogP contribution is 2.43. The summed E-state index contributed by atoms with van der Waals surface area (Å²) in [5.41, 5.74) is 4.81. The number of hydrogen-bond donors (Lipinski definition) is 2. The number of halogens is 3. The van der Waals surface area contributed by atoms with Gasteiger partial charge in [-0.05, 0) is 36.9 Å².